The van der Waals surface area contributed by atoms with Gasteiger partial charge in [-0.05, 0) is 29.8 Å². The number of carbonyl (C=O) groups excluding carboxylic acids is 1. The highest BCUT2D eigenvalue weighted by Gasteiger charge is 2.06. The molecule has 0 aliphatic heterocycles. The standard InChI is InChI=1S/C15H18N4O/c1-11(2)15(20)19-13-3-4-14(18-10-13)17-9-12-5-7-16-8-6-12/h3-8,10-11H,9H2,1-2H3,(H,17,18)(H,19,20). The van der Waals surface area contributed by atoms with Crippen LogP contribution in [0, 0.1) is 5.92 Å². The van der Waals surface area contributed by atoms with Gasteiger partial charge >= 0.3 is 0 Å². The molecule has 0 saturated carbocycles. The van der Waals surface area contributed by atoms with Crippen LogP contribution in [0.1, 0.15) is 19.4 Å². The van der Waals surface area contributed by atoms with Gasteiger partial charge in [-0.2, -0.15) is 0 Å². The molecule has 0 fully saturated rings. The molecule has 0 spiro atoms. The van der Waals surface area contributed by atoms with Crippen molar-refractivity contribution >= 4 is 17.4 Å². The second kappa shape index (κ2) is 6.65. The lowest BCUT2D eigenvalue weighted by Crippen LogP contribution is -2.17. The number of nitrogens with one attached hydrogen (secondary N) is 2. The fourth-order valence-corrected chi connectivity index (χ4v) is 1.55. The summed E-state index contributed by atoms with van der Waals surface area (Å²) in [6, 6.07) is 7.58. The van der Waals surface area contributed by atoms with Gasteiger partial charge in [0, 0.05) is 24.9 Å². The van der Waals surface area contributed by atoms with E-state index >= 15 is 0 Å². The fourth-order valence-electron chi connectivity index (χ4n) is 1.55. The van der Waals surface area contributed by atoms with Crippen LogP contribution in [0.15, 0.2) is 42.9 Å². The molecule has 2 rings (SSSR count). The van der Waals surface area contributed by atoms with Crippen molar-refractivity contribution in [3.63, 3.8) is 0 Å². The molecule has 2 heterocycles. The van der Waals surface area contributed by atoms with Gasteiger partial charge in [0.2, 0.25) is 5.91 Å². The molecule has 1 amide bonds. The summed E-state index contributed by atoms with van der Waals surface area (Å²) in [7, 11) is 0. The zero-order valence-electron chi connectivity index (χ0n) is 11.6. The Morgan fingerprint density at radius 3 is 2.55 bits per heavy atom. The summed E-state index contributed by atoms with van der Waals surface area (Å²) in [5.74, 6) is 0.716. The monoisotopic (exact) mass is 270 g/mol. The van der Waals surface area contributed by atoms with Crippen LogP contribution in [-0.2, 0) is 11.3 Å². The van der Waals surface area contributed by atoms with Crippen LogP contribution in [0.3, 0.4) is 0 Å². The van der Waals surface area contributed by atoms with E-state index in [1.54, 1.807) is 18.6 Å². The molecule has 0 saturated heterocycles. The number of anilines is 2. The number of hydrogen-bond acceptors (Lipinski definition) is 4. The van der Waals surface area contributed by atoms with E-state index in [2.05, 4.69) is 20.6 Å². The van der Waals surface area contributed by atoms with Crippen LogP contribution in [0.4, 0.5) is 11.5 Å². The minimum atomic E-state index is -0.0421. The van der Waals surface area contributed by atoms with E-state index in [0.29, 0.717) is 12.2 Å². The van der Waals surface area contributed by atoms with Crippen LogP contribution in [0.25, 0.3) is 0 Å². The molecule has 2 aromatic rings. The lowest BCUT2D eigenvalue weighted by atomic mass is 10.2. The third kappa shape index (κ3) is 4.05. The van der Waals surface area contributed by atoms with Gasteiger partial charge in [-0.15, -0.1) is 0 Å². The van der Waals surface area contributed by atoms with Gasteiger partial charge in [0.15, 0.2) is 0 Å². The van der Waals surface area contributed by atoms with E-state index in [1.165, 1.54) is 0 Å². The second-order valence-corrected chi connectivity index (χ2v) is 4.79. The molecule has 0 aliphatic rings. The SMILES string of the molecule is CC(C)C(=O)Nc1ccc(NCc2ccncc2)nc1. The summed E-state index contributed by atoms with van der Waals surface area (Å²) in [6.07, 6.45) is 5.17. The third-order valence-electron chi connectivity index (χ3n) is 2.78. The lowest BCUT2D eigenvalue weighted by molar-refractivity contribution is -0.118. The molecule has 20 heavy (non-hydrogen) atoms. The van der Waals surface area contributed by atoms with Crippen molar-refractivity contribution in [1.82, 2.24) is 9.97 Å². The predicted molar refractivity (Wildman–Crippen MR) is 79.3 cm³/mol. The van der Waals surface area contributed by atoms with E-state index in [9.17, 15) is 4.79 Å². The van der Waals surface area contributed by atoms with E-state index in [4.69, 9.17) is 0 Å². The second-order valence-electron chi connectivity index (χ2n) is 4.79. The Bertz CT molecular complexity index is 552. The van der Waals surface area contributed by atoms with Gasteiger partial charge in [-0.25, -0.2) is 4.98 Å². The van der Waals surface area contributed by atoms with Crippen LogP contribution < -0.4 is 10.6 Å². The molecule has 0 radical (unpaired) electrons. The first-order valence-corrected chi connectivity index (χ1v) is 6.55. The third-order valence-corrected chi connectivity index (χ3v) is 2.78. The first kappa shape index (κ1) is 14.0. The van der Waals surface area contributed by atoms with Crippen LogP contribution in [0.5, 0.6) is 0 Å². The van der Waals surface area contributed by atoms with Crippen LogP contribution >= 0.6 is 0 Å². The van der Waals surface area contributed by atoms with Crippen molar-refractivity contribution in [2.45, 2.75) is 20.4 Å². The first-order valence-electron chi connectivity index (χ1n) is 6.55. The summed E-state index contributed by atoms with van der Waals surface area (Å²) in [5, 5.41) is 6.02. The Morgan fingerprint density at radius 1 is 1.20 bits per heavy atom. The van der Waals surface area contributed by atoms with E-state index in [1.807, 2.05) is 38.1 Å². The van der Waals surface area contributed by atoms with Crippen molar-refractivity contribution in [2.24, 2.45) is 5.92 Å². The summed E-state index contributed by atoms with van der Waals surface area (Å²) in [6.45, 7) is 4.40. The maximum Gasteiger partial charge on any atom is 0.226 e. The van der Waals surface area contributed by atoms with Crippen LogP contribution in [-0.4, -0.2) is 15.9 Å². The number of hydrogen-bond donors (Lipinski definition) is 2. The topological polar surface area (TPSA) is 66.9 Å². The number of nitrogens with zero attached hydrogens (tertiary/aromatic N) is 2. The lowest BCUT2D eigenvalue weighted by Gasteiger charge is -2.09. The first-order chi connectivity index (χ1) is 9.65. The van der Waals surface area contributed by atoms with Crippen molar-refractivity contribution in [3.05, 3.63) is 48.4 Å². The summed E-state index contributed by atoms with van der Waals surface area (Å²) < 4.78 is 0. The van der Waals surface area contributed by atoms with E-state index < -0.39 is 0 Å². The molecule has 0 bridgehead atoms. The van der Waals surface area contributed by atoms with E-state index in [-0.39, 0.29) is 11.8 Å². The molecule has 104 valence electrons. The highest BCUT2D eigenvalue weighted by Crippen LogP contribution is 2.11. The quantitative estimate of drug-likeness (QED) is 0.876. The fraction of sp³-hybridized carbons (Fsp3) is 0.267. The highest BCUT2D eigenvalue weighted by atomic mass is 16.1. The largest absolute Gasteiger partial charge is 0.366 e. The highest BCUT2D eigenvalue weighted by molar-refractivity contribution is 5.91. The van der Waals surface area contributed by atoms with Crippen molar-refractivity contribution in [2.75, 3.05) is 10.6 Å². The van der Waals surface area contributed by atoms with Gasteiger partial charge in [-0.3, -0.25) is 9.78 Å². The Hall–Kier alpha value is -2.43. The average molecular weight is 270 g/mol. The maximum absolute atomic E-state index is 11.5. The molecule has 5 heteroatoms. The zero-order valence-corrected chi connectivity index (χ0v) is 11.6. The molecule has 2 aromatic heterocycles. The Morgan fingerprint density at radius 2 is 1.95 bits per heavy atom. The Labute approximate surface area is 118 Å². The number of rotatable bonds is 5. The van der Waals surface area contributed by atoms with Crippen molar-refractivity contribution in [3.8, 4) is 0 Å². The number of pyridine rings is 2. The summed E-state index contributed by atoms with van der Waals surface area (Å²) in [4.78, 5) is 19.8. The smallest absolute Gasteiger partial charge is 0.226 e. The zero-order chi connectivity index (χ0) is 14.4. The van der Waals surface area contributed by atoms with Gasteiger partial charge in [0.25, 0.3) is 0 Å². The van der Waals surface area contributed by atoms with E-state index in [0.717, 1.165) is 11.4 Å². The average Bonchev–Trinajstić information content (AvgIpc) is 2.47. The van der Waals surface area contributed by atoms with Gasteiger partial charge in [0.05, 0.1) is 11.9 Å². The number of carbonyl (C=O) groups is 1. The van der Waals surface area contributed by atoms with Gasteiger partial charge < -0.3 is 10.6 Å². The normalized spacial score (nSPS) is 10.3. The molecule has 2 N–H and O–H groups in total. The molecule has 5 nitrogen and oxygen atoms in total. The number of amides is 1. The summed E-state index contributed by atoms with van der Waals surface area (Å²) >= 11 is 0. The summed E-state index contributed by atoms with van der Waals surface area (Å²) in [5.41, 5.74) is 1.84. The van der Waals surface area contributed by atoms with Gasteiger partial charge in [-0.1, -0.05) is 13.8 Å². The maximum atomic E-state index is 11.5. The number of aromatic nitrogens is 2. The molecular formula is C15H18N4O. The van der Waals surface area contributed by atoms with Crippen LogP contribution in [0.2, 0.25) is 0 Å². The molecule has 0 unspecified atom stereocenters. The predicted octanol–water partition coefficient (Wildman–Crippen LogP) is 2.68. The molecular weight excluding hydrogens is 252 g/mol. The van der Waals surface area contributed by atoms with Crippen molar-refractivity contribution < 1.29 is 4.79 Å². The molecule has 0 aliphatic carbocycles. The minimum absolute atomic E-state index is 0.00991. The van der Waals surface area contributed by atoms with Crippen molar-refractivity contribution in [1.29, 1.82) is 0 Å². The molecule has 0 aromatic carbocycles. The molecule has 0 atom stereocenters. The van der Waals surface area contributed by atoms with Gasteiger partial charge in [0.1, 0.15) is 5.82 Å². The minimum Gasteiger partial charge on any atom is -0.366 e. The Kier molecular flexibility index (Phi) is 4.65. The Balaban J connectivity index is 1.90.